The quantitative estimate of drug-likeness (QED) is 0.411. The van der Waals surface area contributed by atoms with Gasteiger partial charge in [0.15, 0.2) is 5.76 Å². The highest BCUT2D eigenvalue weighted by Gasteiger charge is 2.04. The third-order valence-electron chi connectivity index (χ3n) is 1.41. The van der Waals surface area contributed by atoms with Crippen molar-refractivity contribution in [2.24, 2.45) is 5.16 Å². The van der Waals surface area contributed by atoms with Crippen molar-refractivity contribution in [3.05, 3.63) is 24.2 Å². The van der Waals surface area contributed by atoms with E-state index in [9.17, 15) is 0 Å². The van der Waals surface area contributed by atoms with Crippen LogP contribution >= 0.6 is 0 Å². The summed E-state index contributed by atoms with van der Waals surface area (Å²) in [5.41, 5.74) is 0.609. The smallest absolute Gasteiger partial charge is 0.151 e. The van der Waals surface area contributed by atoms with Crippen LogP contribution in [0.15, 0.2) is 28.0 Å². The van der Waals surface area contributed by atoms with Crippen molar-refractivity contribution in [2.75, 3.05) is 0 Å². The number of hydrogen-bond donors (Lipinski definition) is 1. The van der Waals surface area contributed by atoms with Gasteiger partial charge in [-0.1, -0.05) is 18.5 Å². The van der Waals surface area contributed by atoms with Gasteiger partial charge in [-0.3, -0.25) is 0 Å². The topological polar surface area (TPSA) is 45.7 Å². The molecule has 3 nitrogen and oxygen atoms in total. The van der Waals surface area contributed by atoms with Gasteiger partial charge in [-0.2, -0.15) is 0 Å². The van der Waals surface area contributed by atoms with Gasteiger partial charge in [0.25, 0.3) is 0 Å². The summed E-state index contributed by atoms with van der Waals surface area (Å²) in [6, 6.07) is 3.56. The molecule has 3 heteroatoms. The zero-order valence-corrected chi connectivity index (χ0v) is 6.45. The van der Waals surface area contributed by atoms with E-state index in [0.29, 0.717) is 11.5 Å². The van der Waals surface area contributed by atoms with E-state index >= 15 is 0 Å². The molecule has 0 aliphatic heterocycles. The highest BCUT2D eigenvalue weighted by Crippen LogP contribution is 2.06. The van der Waals surface area contributed by atoms with Crippen LogP contribution in [0.5, 0.6) is 0 Å². The summed E-state index contributed by atoms with van der Waals surface area (Å²) >= 11 is 0. The second-order valence-corrected chi connectivity index (χ2v) is 2.27. The van der Waals surface area contributed by atoms with Gasteiger partial charge >= 0.3 is 0 Å². The minimum Gasteiger partial charge on any atom is -0.463 e. The number of rotatable bonds is 3. The first-order valence-corrected chi connectivity index (χ1v) is 3.63. The Morgan fingerprint density at radius 2 is 2.55 bits per heavy atom. The van der Waals surface area contributed by atoms with Gasteiger partial charge in [-0.15, -0.1) is 0 Å². The third-order valence-corrected chi connectivity index (χ3v) is 1.41. The predicted molar refractivity (Wildman–Crippen MR) is 41.9 cm³/mol. The Hall–Kier alpha value is -1.25. The average Bonchev–Trinajstić information content (AvgIpc) is 2.52. The van der Waals surface area contributed by atoms with Gasteiger partial charge < -0.3 is 9.62 Å². The maximum Gasteiger partial charge on any atom is 0.151 e. The van der Waals surface area contributed by atoms with Gasteiger partial charge in [0, 0.05) is 0 Å². The summed E-state index contributed by atoms with van der Waals surface area (Å²) < 4.78 is 5.05. The summed E-state index contributed by atoms with van der Waals surface area (Å²) in [5, 5.41) is 11.7. The molecule has 0 amide bonds. The Balaban J connectivity index is 2.72. The van der Waals surface area contributed by atoms with E-state index in [-0.39, 0.29) is 0 Å². The zero-order chi connectivity index (χ0) is 8.10. The SMILES string of the molecule is CCC/C(=N\O)c1ccco1. The Morgan fingerprint density at radius 3 is 3.00 bits per heavy atom. The molecule has 0 aliphatic carbocycles. The fraction of sp³-hybridized carbons (Fsp3) is 0.375. The summed E-state index contributed by atoms with van der Waals surface area (Å²) in [7, 11) is 0. The molecule has 0 aromatic carbocycles. The lowest BCUT2D eigenvalue weighted by molar-refractivity contribution is 0.316. The van der Waals surface area contributed by atoms with E-state index in [0.717, 1.165) is 12.8 Å². The molecule has 0 aliphatic rings. The second kappa shape index (κ2) is 3.81. The van der Waals surface area contributed by atoms with Gasteiger partial charge in [0.2, 0.25) is 0 Å². The Bertz CT molecular complexity index is 226. The molecule has 0 radical (unpaired) electrons. The monoisotopic (exact) mass is 153 g/mol. The van der Waals surface area contributed by atoms with E-state index in [4.69, 9.17) is 9.62 Å². The number of oxime groups is 1. The molecule has 1 heterocycles. The summed E-state index contributed by atoms with van der Waals surface area (Å²) in [4.78, 5) is 0. The molecule has 0 atom stereocenters. The van der Waals surface area contributed by atoms with Crippen molar-refractivity contribution in [1.82, 2.24) is 0 Å². The van der Waals surface area contributed by atoms with Gasteiger partial charge in [-0.05, 0) is 18.6 Å². The molecule has 0 bridgehead atoms. The van der Waals surface area contributed by atoms with Crippen LogP contribution < -0.4 is 0 Å². The van der Waals surface area contributed by atoms with Crippen LogP contribution in [0.2, 0.25) is 0 Å². The molecule has 0 unspecified atom stereocenters. The largest absolute Gasteiger partial charge is 0.463 e. The Labute approximate surface area is 65.3 Å². The minimum absolute atomic E-state index is 0.609. The molecule has 0 spiro atoms. The number of furan rings is 1. The molecule has 0 fully saturated rings. The molecular formula is C8H11NO2. The van der Waals surface area contributed by atoms with E-state index in [1.54, 1.807) is 18.4 Å². The van der Waals surface area contributed by atoms with Crippen molar-refractivity contribution >= 4 is 5.71 Å². The van der Waals surface area contributed by atoms with Crippen LogP contribution in [-0.4, -0.2) is 10.9 Å². The summed E-state index contributed by atoms with van der Waals surface area (Å²) in [6.45, 7) is 2.02. The maximum atomic E-state index is 8.56. The first-order valence-electron chi connectivity index (χ1n) is 3.63. The molecule has 60 valence electrons. The van der Waals surface area contributed by atoms with E-state index in [1.165, 1.54) is 0 Å². The van der Waals surface area contributed by atoms with Crippen LogP contribution in [-0.2, 0) is 0 Å². The standard InChI is InChI=1S/C8H11NO2/c1-2-4-7(9-10)8-5-3-6-11-8/h3,5-6,10H,2,4H2,1H3/b9-7+. The minimum atomic E-state index is 0.609. The Morgan fingerprint density at radius 1 is 1.73 bits per heavy atom. The second-order valence-electron chi connectivity index (χ2n) is 2.27. The summed E-state index contributed by atoms with van der Waals surface area (Å²) in [5.74, 6) is 0.648. The number of nitrogens with zero attached hydrogens (tertiary/aromatic N) is 1. The zero-order valence-electron chi connectivity index (χ0n) is 6.45. The molecule has 1 rings (SSSR count). The van der Waals surface area contributed by atoms with Crippen molar-refractivity contribution in [3.8, 4) is 0 Å². The molecular weight excluding hydrogens is 142 g/mol. The average molecular weight is 153 g/mol. The fourth-order valence-corrected chi connectivity index (χ4v) is 0.902. The molecule has 1 N–H and O–H groups in total. The normalized spacial score (nSPS) is 11.9. The highest BCUT2D eigenvalue weighted by atomic mass is 16.4. The van der Waals surface area contributed by atoms with Gasteiger partial charge in [-0.25, -0.2) is 0 Å². The van der Waals surface area contributed by atoms with Crippen molar-refractivity contribution in [1.29, 1.82) is 0 Å². The van der Waals surface area contributed by atoms with E-state index in [2.05, 4.69) is 5.16 Å². The van der Waals surface area contributed by atoms with E-state index < -0.39 is 0 Å². The van der Waals surface area contributed by atoms with Gasteiger partial charge in [0.1, 0.15) is 5.71 Å². The highest BCUT2D eigenvalue weighted by molar-refractivity contribution is 5.97. The molecule has 11 heavy (non-hydrogen) atoms. The van der Waals surface area contributed by atoms with Crippen molar-refractivity contribution in [3.63, 3.8) is 0 Å². The summed E-state index contributed by atoms with van der Waals surface area (Å²) in [6.07, 6.45) is 3.25. The first-order chi connectivity index (χ1) is 5.38. The molecule has 1 aromatic heterocycles. The Kier molecular flexibility index (Phi) is 2.72. The van der Waals surface area contributed by atoms with Crippen molar-refractivity contribution < 1.29 is 9.62 Å². The van der Waals surface area contributed by atoms with Gasteiger partial charge in [0.05, 0.1) is 6.26 Å². The lowest BCUT2D eigenvalue weighted by atomic mass is 10.2. The molecule has 1 aromatic rings. The maximum absolute atomic E-state index is 8.56. The van der Waals surface area contributed by atoms with Crippen molar-refractivity contribution in [2.45, 2.75) is 19.8 Å². The van der Waals surface area contributed by atoms with Crippen LogP contribution in [0.1, 0.15) is 25.5 Å². The molecule has 0 saturated carbocycles. The lowest BCUT2D eigenvalue weighted by Gasteiger charge is -1.95. The fourth-order valence-electron chi connectivity index (χ4n) is 0.902. The molecule has 0 saturated heterocycles. The van der Waals surface area contributed by atoms with Crippen LogP contribution in [0.4, 0.5) is 0 Å². The van der Waals surface area contributed by atoms with Crippen LogP contribution in [0.3, 0.4) is 0 Å². The first kappa shape index (κ1) is 7.85. The predicted octanol–water partition coefficient (Wildman–Crippen LogP) is 2.26. The van der Waals surface area contributed by atoms with Crippen LogP contribution in [0.25, 0.3) is 0 Å². The van der Waals surface area contributed by atoms with E-state index in [1.807, 2.05) is 6.92 Å². The lowest BCUT2D eigenvalue weighted by Crippen LogP contribution is -1.97. The third kappa shape index (κ3) is 1.83. The van der Waals surface area contributed by atoms with Crippen LogP contribution in [0, 0.1) is 0 Å². The number of hydrogen-bond acceptors (Lipinski definition) is 3.